The number of hydrogen-bond donors (Lipinski definition) is 0. The molecule has 0 aliphatic heterocycles. The fraction of sp³-hybridized carbons (Fsp3) is 0.667. The van der Waals surface area contributed by atoms with Gasteiger partial charge in [-0.25, -0.2) is 0 Å². The van der Waals surface area contributed by atoms with E-state index in [-0.39, 0.29) is 11.3 Å². The first-order valence-corrected chi connectivity index (χ1v) is 10.7. The summed E-state index contributed by atoms with van der Waals surface area (Å²) in [6.07, 6.45) is -10.8. The number of ketones is 2. The van der Waals surface area contributed by atoms with E-state index in [0.717, 1.165) is 11.4 Å². The van der Waals surface area contributed by atoms with Crippen molar-refractivity contribution in [1.29, 1.82) is 0 Å². The lowest BCUT2D eigenvalue weighted by molar-refractivity contribution is -0.477. The van der Waals surface area contributed by atoms with Crippen molar-refractivity contribution >= 4 is 22.9 Å². The van der Waals surface area contributed by atoms with E-state index < -0.39 is 88.3 Å². The first kappa shape index (κ1) is 39.5. The highest BCUT2D eigenvalue weighted by molar-refractivity contribution is 7.12. The molecular weight excluding hydrogens is 717 g/mol. The van der Waals surface area contributed by atoms with Gasteiger partial charge in [0.25, 0.3) is 0 Å². The SMILES string of the molecule is O=C(CC(=O)C(F)(F)C(F)(F)C(F)(F)C(F)(F)C(F)(F)C(F)(F)C(F)(F)C(F)(F)C(F)(F)C(F)(F)C(F)(F)F)c1cccs1. The predicted octanol–water partition coefficient (Wildman–Crippen LogP) is 8.81. The van der Waals surface area contributed by atoms with Gasteiger partial charge in [-0.1, -0.05) is 6.07 Å². The van der Waals surface area contributed by atoms with Gasteiger partial charge in [-0.2, -0.15) is 101 Å². The lowest BCUT2D eigenvalue weighted by Crippen LogP contribution is -2.78. The molecule has 1 aromatic heterocycles. The van der Waals surface area contributed by atoms with E-state index in [2.05, 4.69) is 0 Å². The van der Waals surface area contributed by atoms with Gasteiger partial charge >= 0.3 is 65.4 Å². The number of carbonyl (C=O) groups excluding carboxylic acids is 2. The van der Waals surface area contributed by atoms with Crippen molar-refractivity contribution in [2.24, 2.45) is 0 Å². The Morgan fingerprint density at radius 2 is 0.773 bits per heavy atom. The summed E-state index contributed by atoms with van der Waals surface area (Å²) in [5.74, 6) is -95.7. The summed E-state index contributed by atoms with van der Waals surface area (Å²) in [4.78, 5) is 22.1. The molecule has 2 nitrogen and oxygen atoms in total. The lowest BCUT2D eigenvalue weighted by Gasteiger charge is -2.45. The lowest BCUT2D eigenvalue weighted by atomic mass is 9.84. The zero-order chi connectivity index (χ0) is 35.8. The standard InChI is InChI=1S/C18H5F23O2S/c19-8(20,7(43)4-5(42)6-2-1-3-44-6)9(21,22)10(23,24)11(25,26)12(27,28)13(29,30)14(31,32)15(33,34)16(35,36)17(37,38)18(39,40)41/h1-3H,4H2. The van der Waals surface area contributed by atoms with Crippen LogP contribution in [0.5, 0.6) is 0 Å². The summed E-state index contributed by atoms with van der Waals surface area (Å²) in [5, 5.41) is 0.931. The second-order valence-electron chi connectivity index (χ2n) is 8.24. The van der Waals surface area contributed by atoms with Crippen molar-refractivity contribution in [1.82, 2.24) is 0 Å². The monoisotopic (exact) mass is 722 g/mol. The van der Waals surface area contributed by atoms with E-state index in [1.54, 1.807) is 0 Å². The molecule has 0 unspecified atom stereocenters. The van der Waals surface area contributed by atoms with Gasteiger partial charge in [-0.3, -0.25) is 9.59 Å². The number of halogens is 23. The van der Waals surface area contributed by atoms with Crippen LogP contribution in [0.2, 0.25) is 0 Å². The fourth-order valence-electron chi connectivity index (χ4n) is 2.71. The number of rotatable bonds is 13. The Morgan fingerprint density at radius 3 is 1.05 bits per heavy atom. The van der Waals surface area contributed by atoms with Gasteiger partial charge in [-0.15, -0.1) is 11.3 Å². The van der Waals surface area contributed by atoms with Crippen molar-refractivity contribution < 1.29 is 111 Å². The van der Waals surface area contributed by atoms with Gasteiger partial charge in [0.05, 0.1) is 11.3 Å². The largest absolute Gasteiger partial charge is 0.460 e. The Hall–Kier alpha value is -2.57. The highest BCUT2D eigenvalue weighted by Gasteiger charge is 2.99. The van der Waals surface area contributed by atoms with E-state index >= 15 is 0 Å². The minimum Gasteiger partial charge on any atom is -0.293 e. The first-order chi connectivity index (χ1) is 18.9. The van der Waals surface area contributed by atoms with Gasteiger partial charge < -0.3 is 0 Å². The van der Waals surface area contributed by atoms with Crippen LogP contribution >= 0.6 is 11.3 Å². The van der Waals surface area contributed by atoms with Crippen LogP contribution in [0.3, 0.4) is 0 Å². The Kier molecular flexibility index (Phi) is 9.40. The molecule has 0 saturated carbocycles. The maximum Gasteiger partial charge on any atom is 0.460 e. The van der Waals surface area contributed by atoms with Crippen LogP contribution in [0.15, 0.2) is 17.5 Å². The minimum absolute atomic E-state index is 0.236. The van der Waals surface area contributed by atoms with Crippen LogP contribution in [0, 0.1) is 0 Å². The van der Waals surface area contributed by atoms with Crippen LogP contribution in [0.1, 0.15) is 16.1 Å². The third kappa shape index (κ3) is 4.95. The van der Waals surface area contributed by atoms with Crippen molar-refractivity contribution in [2.75, 3.05) is 0 Å². The zero-order valence-electron chi connectivity index (χ0n) is 19.4. The Morgan fingerprint density at radius 1 is 0.477 bits per heavy atom. The summed E-state index contributed by atoms with van der Waals surface area (Å²) in [6.45, 7) is 0. The molecule has 256 valence electrons. The summed E-state index contributed by atoms with van der Waals surface area (Å²) >= 11 is 0.236. The molecule has 0 N–H and O–H groups in total. The Bertz CT molecular complexity index is 1230. The molecule has 0 fully saturated rings. The number of Topliss-reactive ketones (excluding diaryl/α,β-unsaturated/α-hetero) is 2. The van der Waals surface area contributed by atoms with Gasteiger partial charge in [0.1, 0.15) is 0 Å². The molecule has 0 spiro atoms. The van der Waals surface area contributed by atoms with E-state index in [4.69, 9.17) is 0 Å². The molecule has 0 radical (unpaired) electrons. The number of alkyl halides is 23. The summed E-state index contributed by atoms with van der Waals surface area (Å²) in [6, 6.07) is 1.55. The molecule has 0 bridgehead atoms. The molecule has 0 atom stereocenters. The van der Waals surface area contributed by atoms with Gasteiger partial charge in [0, 0.05) is 0 Å². The first-order valence-electron chi connectivity index (χ1n) is 9.86. The molecule has 44 heavy (non-hydrogen) atoms. The highest BCUT2D eigenvalue weighted by Crippen LogP contribution is 2.67. The van der Waals surface area contributed by atoms with Crippen LogP contribution in [-0.2, 0) is 4.79 Å². The van der Waals surface area contributed by atoms with E-state index in [0.29, 0.717) is 6.07 Å². The van der Waals surface area contributed by atoms with E-state index in [1.165, 1.54) is 0 Å². The zero-order valence-corrected chi connectivity index (χ0v) is 20.2. The third-order valence-corrected chi connectivity index (χ3v) is 6.28. The molecular formula is C18H5F23O2S. The van der Waals surface area contributed by atoms with Gasteiger partial charge in [0.15, 0.2) is 5.78 Å². The summed E-state index contributed by atoms with van der Waals surface area (Å²) in [5.41, 5.74) is 0. The van der Waals surface area contributed by atoms with Crippen molar-refractivity contribution in [3.8, 4) is 0 Å². The molecule has 0 saturated heterocycles. The Labute approximate surface area is 228 Å². The summed E-state index contributed by atoms with van der Waals surface area (Å²) < 4.78 is 308. The molecule has 26 heteroatoms. The smallest absolute Gasteiger partial charge is 0.293 e. The number of hydrogen-bond acceptors (Lipinski definition) is 3. The van der Waals surface area contributed by atoms with Gasteiger partial charge in [-0.05, 0) is 11.4 Å². The molecule has 1 aromatic rings. The number of carbonyl (C=O) groups is 2. The van der Waals surface area contributed by atoms with Crippen molar-refractivity contribution in [3.63, 3.8) is 0 Å². The second kappa shape index (κ2) is 10.5. The van der Waals surface area contributed by atoms with Crippen LogP contribution < -0.4 is 0 Å². The van der Waals surface area contributed by atoms with Crippen molar-refractivity contribution in [2.45, 2.75) is 71.8 Å². The molecule has 0 amide bonds. The Balaban J connectivity index is 3.75. The van der Waals surface area contributed by atoms with Gasteiger partial charge in [0.2, 0.25) is 5.78 Å². The molecule has 0 aliphatic rings. The maximum atomic E-state index is 13.9. The quantitative estimate of drug-likeness (QED) is 0.116. The molecule has 1 heterocycles. The average Bonchev–Trinajstić information content (AvgIpc) is 3.37. The number of thiophene rings is 1. The molecule has 0 aliphatic carbocycles. The predicted molar refractivity (Wildman–Crippen MR) is 93.8 cm³/mol. The fourth-order valence-corrected chi connectivity index (χ4v) is 3.38. The van der Waals surface area contributed by atoms with Crippen molar-refractivity contribution in [3.05, 3.63) is 22.4 Å². The summed E-state index contributed by atoms with van der Waals surface area (Å²) in [7, 11) is 0. The average molecular weight is 722 g/mol. The van der Waals surface area contributed by atoms with E-state index in [9.17, 15) is 111 Å². The molecule has 1 rings (SSSR count). The van der Waals surface area contributed by atoms with E-state index in [1.807, 2.05) is 0 Å². The maximum absolute atomic E-state index is 13.9. The normalized spacial score (nSPS) is 15.9. The third-order valence-electron chi connectivity index (χ3n) is 5.37. The van der Waals surface area contributed by atoms with Crippen LogP contribution in [-0.4, -0.2) is 77.0 Å². The van der Waals surface area contributed by atoms with Crippen LogP contribution in [0.4, 0.5) is 101 Å². The van der Waals surface area contributed by atoms with Crippen LogP contribution in [0.25, 0.3) is 0 Å². The topological polar surface area (TPSA) is 34.1 Å². The highest BCUT2D eigenvalue weighted by atomic mass is 32.1. The molecule has 0 aromatic carbocycles. The minimum atomic E-state index is -9.52. The second-order valence-corrected chi connectivity index (χ2v) is 9.19.